The molecule has 0 unspecified atom stereocenters. The summed E-state index contributed by atoms with van der Waals surface area (Å²) in [7, 11) is 1.50. The molecule has 98 valence electrons. The van der Waals surface area contributed by atoms with E-state index in [0.29, 0.717) is 11.4 Å². The van der Waals surface area contributed by atoms with Crippen molar-refractivity contribution in [2.45, 2.75) is 0 Å². The van der Waals surface area contributed by atoms with Gasteiger partial charge in [0.1, 0.15) is 17.0 Å². The molecular formula is C12H11N3O4. The van der Waals surface area contributed by atoms with Crippen LogP contribution in [0.4, 0.5) is 0 Å². The van der Waals surface area contributed by atoms with Crippen molar-refractivity contribution in [3.63, 3.8) is 0 Å². The van der Waals surface area contributed by atoms with Crippen molar-refractivity contribution < 1.29 is 19.4 Å². The summed E-state index contributed by atoms with van der Waals surface area (Å²) in [5.74, 6) is -1.57. The van der Waals surface area contributed by atoms with Crippen LogP contribution in [0, 0.1) is 0 Å². The predicted octanol–water partition coefficient (Wildman–Crippen LogP) is 0.678. The van der Waals surface area contributed by atoms with Crippen LogP contribution in [-0.2, 0) is 0 Å². The fraction of sp³-hybridized carbons (Fsp3) is 0.0833. The second-order valence-corrected chi connectivity index (χ2v) is 3.69. The van der Waals surface area contributed by atoms with Gasteiger partial charge in [-0.1, -0.05) is 6.07 Å². The van der Waals surface area contributed by atoms with Gasteiger partial charge in [0.25, 0.3) is 5.91 Å². The highest BCUT2D eigenvalue weighted by molar-refractivity contribution is 6.03. The zero-order valence-corrected chi connectivity index (χ0v) is 10.0. The largest absolute Gasteiger partial charge is 0.497 e. The molecule has 0 atom stereocenters. The van der Waals surface area contributed by atoms with Gasteiger partial charge < -0.3 is 15.6 Å². The Morgan fingerprint density at radius 1 is 1.42 bits per heavy atom. The molecule has 1 amide bonds. The Labute approximate surface area is 108 Å². The summed E-state index contributed by atoms with van der Waals surface area (Å²) in [6, 6.07) is 6.69. The van der Waals surface area contributed by atoms with E-state index in [1.807, 2.05) is 0 Å². The van der Waals surface area contributed by atoms with Gasteiger partial charge in [-0.15, -0.1) is 0 Å². The van der Waals surface area contributed by atoms with Crippen LogP contribution in [0.2, 0.25) is 0 Å². The molecule has 1 heterocycles. The molecule has 0 spiro atoms. The molecule has 0 bridgehead atoms. The number of aromatic carboxylic acids is 1. The lowest BCUT2D eigenvalue weighted by molar-refractivity contribution is 0.0692. The summed E-state index contributed by atoms with van der Waals surface area (Å²) in [4.78, 5) is 22.4. The summed E-state index contributed by atoms with van der Waals surface area (Å²) in [5, 5.41) is 12.9. The number of ether oxygens (including phenoxy) is 1. The summed E-state index contributed by atoms with van der Waals surface area (Å²) < 4.78 is 6.23. The Bertz CT molecular complexity index is 648. The first-order valence-corrected chi connectivity index (χ1v) is 5.30. The summed E-state index contributed by atoms with van der Waals surface area (Å²) >= 11 is 0. The zero-order valence-electron chi connectivity index (χ0n) is 10.0. The van der Waals surface area contributed by atoms with Crippen LogP contribution >= 0.6 is 0 Å². The van der Waals surface area contributed by atoms with E-state index in [2.05, 4.69) is 5.10 Å². The maximum atomic E-state index is 11.4. The van der Waals surface area contributed by atoms with Crippen LogP contribution in [0.15, 0.2) is 30.5 Å². The van der Waals surface area contributed by atoms with Gasteiger partial charge in [0.2, 0.25) is 0 Å². The van der Waals surface area contributed by atoms with E-state index in [9.17, 15) is 9.59 Å². The first-order valence-electron chi connectivity index (χ1n) is 5.30. The lowest BCUT2D eigenvalue weighted by atomic mass is 10.2. The van der Waals surface area contributed by atoms with E-state index in [1.165, 1.54) is 11.8 Å². The van der Waals surface area contributed by atoms with Gasteiger partial charge in [-0.2, -0.15) is 5.10 Å². The number of carbonyl (C=O) groups excluding carboxylic acids is 1. The molecule has 0 aliphatic carbocycles. The highest BCUT2D eigenvalue weighted by Gasteiger charge is 2.22. The minimum atomic E-state index is -1.26. The lowest BCUT2D eigenvalue weighted by Gasteiger charge is -2.07. The second-order valence-electron chi connectivity index (χ2n) is 3.69. The topological polar surface area (TPSA) is 107 Å². The third-order valence-electron chi connectivity index (χ3n) is 2.53. The van der Waals surface area contributed by atoms with Crippen molar-refractivity contribution in [2.24, 2.45) is 5.73 Å². The minimum Gasteiger partial charge on any atom is -0.497 e. The van der Waals surface area contributed by atoms with Crippen molar-refractivity contribution in [1.82, 2.24) is 9.78 Å². The fourth-order valence-electron chi connectivity index (χ4n) is 1.68. The molecule has 2 rings (SSSR count). The molecule has 3 N–H and O–H groups in total. The maximum absolute atomic E-state index is 11.4. The lowest BCUT2D eigenvalue weighted by Crippen LogP contribution is -2.20. The first kappa shape index (κ1) is 12.6. The number of carbonyl (C=O) groups is 2. The molecule has 7 heteroatoms. The zero-order chi connectivity index (χ0) is 14.0. The van der Waals surface area contributed by atoms with Gasteiger partial charge >= 0.3 is 5.97 Å². The molecule has 0 fully saturated rings. The number of methoxy groups -OCH3 is 1. The molecule has 7 nitrogen and oxygen atoms in total. The molecule has 0 saturated carbocycles. The Morgan fingerprint density at radius 3 is 2.74 bits per heavy atom. The average Bonchev–Trinajstić information content (AvgIpc) is 2.83. The van der Waals surface area contributed by atoms with Gasteiger partial charge in [-0.05, 0) is 12.1 Å². The highest BCUT2D eigenvalue weighted by atomic mass is 16.5. The second kappa shape index (κ2) is 4.81. The fourth-order valence-corrected chi connectivity index (χ4v) is 1.68. The molecule has 0 aliphatic rings. The summed E-state index contributed by atoms with van der Waals surface area (Å²) in [6.07, 6.45) is 1.09. The van der Waals surface area contributed by atoms with Gasteiger partial charge in [0.05, 0.1) is 19.0 Å². The molecule has 2 aromatic rings. The molecule has 19 heavy (non-hydrogen) atoms. The van der Waals surface area contributed by atoms with Crippen LogP contribution in [0.1, 0.15) is 20.8 Å². The van der Waals surface area contributed by atoms with Crippen LogP contribution in [-0.4, -0.2) is 33.9 Å². The molecular weight excluding hydrogens is 250 g/mol. The Kier molecular flexibility index (Phi) is 3.19. The number of primary amides is 1. The van der Waals surface area contributed by atoms with Crippen LogP contribution < -0.4 is 10.5 Å². The standard InChI is InChI=1S/C12H11N3O4/c1-19-8-4-2-3-7(5-8)15-10(11(13)16)9(6-14-15)12(17)18/h2-6H,1H3,(H2,13,16)(H,17,18). The number of nitrogens with zero attached hydrogens (tertiary/aromatic N) is 2. The third kappa shape index (κ3) is 2.25. The van der Waals surface area contributed by atoms with E-state index in [4.69, 9.17) is 15.6 Å². The maximum Gasteiger partial charge on any atom is 0.339 e. The van der Waals surface area contributed by atoms with Gasteiger partial charge in [-0.3, -0.25) is 4.79 Å². The first-order chi connectivity index (χ1) is 9.04. The summed E-state index contributed by atoms with van der Waals surface area (Å²) in [5.41, 5.74) is 5.28. The predicted molar refractivity (Wildman–Crippen MR) is 65.6 cm³/mol. The number of rotatable bonds is 4. The highest BCUT2D eigenvalue weighted by Crippen LogP contribution is 2.19. The van der Waals surface area contributed by atoms with Crippen LogP contribution in [0.25, 0.3) is 5.69 Å². The molecule has 1 aromatic carbocycles. The number of hydrogen-bond donors (Lipinski definition) is 2. The van der Waals surface area contributed by atoms with Crippen LogP contribution in [0.3, 0.4) is 0 Å². The van der Waals surface area contributed by atoms with Crippen LogP contribution in [0.5, 0.6) is 5.75 Å². The van der Waals surface area contributed by atoms with Crippen molar-refractivity contribution in [2.75, 3.05) is 7.11 Å². The van der Waals surface area contributed by atoms with Gasteiger partial charge in [0.15, 0.2) is 0 Å². The normalized spacial score (nSPS) is 10.2. The van der Waals surface area contributed by atoms with Crippen molar-refractivity contribution in [1.29, 1.82) is 0 Å². The smallest absolute Gasteiger partial charge is 0.339 e. The van der Waals surface area contributed by atoms with Crippen molar-refractivity contribution >= 4 is 11.9 Å². The SMILES string of the molecule is COc1cccc(-n2ncc(C(=O)O)c2C(N)=O)c1. The number of carboxylic acids is 1. The molecule has 0 saturated heterocycles. The van der Waals surface area contributed by atoms with E-state index in [0.717, 1.165) is 6.20 Å². The van der Waals surface area contributed by atoms with Crippen molar-refractivity contribution in [3.05, 3.63) is 41.7 Å². The number of carboxylic acid groups (broad SMARTS) is 1. The van der Waals surface area contributed by atoms with E-state index >= 15 is 0 Å². The summed E-state index contributed by atoms with van der Waals surface area (Å²) in [6.45, 7) is 0. The minimum absolute atomic E-state index is 0.180. The Balaban J connectivity index is 2.62. The van der Waals surface area contributed by atoms with Gasteiger partial charge in [-0.25, -0.2) is 9.48 Å². The number of benzene rings is 1. The third-order valence-corrected chi connectivity index (χ3v) is 2.53. The molecule has 1 aromatic heterocycles. The van der Waals surface area contributed by atoms with E-state index < -0.39 is 11.9 Å². The number of amides is 1. The average molecular weight is 261 g/mol. The molecule has 0 aliphatic heterocycles. The quantitative estimate of drug-likeness (QED) is 0.841. The van der Waals surface area contributed by atoms with E-state index in [1.54, 1.807) is 24.3 Å². The number of hydrogen-bond acceptors (Lipinski definition) is 4. The number of nitrogens with two attached hydrogens (primary N) is 1. The van der Waals surface area contributed by atoms with Gasteiger partial charge in [0, 0.05) is 6.07 Å². The van der Waals surface area contributed by atoms with Crippen molar-refractivity contribution in [3.8, 4) is 11.4 Å². The molecule has 0 radical (unpaired) electrons. The van der Waals surface area contributed by atoms with E-state index in [-0.39, 0.29) is 11.3 Å². The Hall–Kier alpha value is -2.83. The monoisotopic (exact) mass is 261 g/mol. The number of aromatic nitrogens is 2. The Morgan fingerprint density at radius 2 is 2.16 bits per heavy atom.